The van der Waals surface area contributed by atoms with Gasteiger partial charge in [0.1, 0.15) is 0 Å². The summed E-state index contributed by atoms with van der Waals surface area (Å²) in [6.45, 7) is 0.761. The summed E-state index contributed by atoms with van der Waals surface area (Å²) in [5.74, 6) is 0. The summed E-state index contributed by atoms with van der Waals surface area (Å²) < 4.78 is 2.06. The van der Waals surface area contributed by atoms with Gasteiger partial charge in [0.15, 0.2) is 0 Å². The number of hydrogen-bond acceptors (Lipinski definition) is 3. The number of nitrogens with one attached hydrogen (secondary N) is 3. The Balaban J connectivity index is 1.39. The van der Waals surface area contributed by atoms with E-state index in [2.05, 4.69) is 30.4 Å². The molecule has 0 aliphatic carbocycles. The normalized spacial score (nSPS) is 16.1. The third kappa shape index (κ3) is 2.80. The van der Waals surface area contributed by atoms with Gasteiger partial charge in [0, 0.05) is 42.3 Å². The van der Waals surface area contributed by atoms with Crippen LogP contribution in [0, 0.1) is 0 Å². The van der Waals surface area contributed by atoms with E-state index in [0.29, 0.717) is 0 Å². The maximum atomic E-state index is 12.2. The van der Waals surface area contributed by atoms with Gasteiger partial charge in [0.05, 0.1) is 18.1 Å². The first kappa shape index (κ1) is 13.6. The molecule has 0 radical (unpaired) electrons. The molecule has 4 rings (SSSR count). The molecule has 2 aromatic heterocycles. The Morgan fingerprint density at radius 3 is 3.13 bits per heavy atom. The Hall–Kier alpha value is -3.09. The number of aromatic amines is 1. The van der Waals surface area contributed by atoms with Crippen molar-refractivity contribution in [2.24, 2.45) is 0 Å². The summed E-state index contributed by atoms with van der Waals surface area (Å²) >= 11 is 0. The van der Waals surface area contributed by atoms with Gasteiger partial charge in [0.25, 0.3) is 0 Å². The number of carbonyl (C=O) groups is 1. The lowest BCUT2D eigenvalue weighted by molar-refractivity contribution is 0.248. The fourth-order valence-corrected chi connectivity index (χ4v) is 2.87. The molecule has 0 saturated carbocycles. The number of fused-ring (bicyclic) bond motifs is 1. The summed E-state index contributed by atoms with van der Waals surface area (Å²) in [7, 11) is 0. The van der Waals surface area contributed by atoms with Gasteiger partial charge in [-0.15, -0.1) is 0 Å². The number of carbonyl (C=O) groups excluding carboxylic acids is 1. The van der Waals surface area contributed by atoms with E-state index in [-0.39, 0.29) is 12.1 Å². The van der Waals surface area contributed by atoms with Crippen LogP contribution in [0.2, 0.25) is 0 Å². The van der Waals surface area contributed by atoms with Gasteiger partial charge in [-0.2, -0.15) is 5.10 Å². The van der Waals surface area contributed by atoms with Crippen LogP contribution in [0.15, 0.2) is 49.1 Å². The molecule has 3 heterocycles. The molecule has 1 atom stereocenters. The molecule has 23 heavy (non-hydrogen) atoms. The summed E-state index contributed by atoms with van der Waals surface area (Å²) in [5, 5.41) is 12.7. The predicted molar refractivity (Wildman–Crippen MR) is 85.9 cm³/mol. The quantitative estimate of drug-likeness (QED) is 0.691. The van der Waals surface area contributed by atoms with Crippen molar-refractivity contribution < 1.29 is 4.79 Å². The van der Waals surface area contributed by atoms with Crippen molar-refractivity contribution >= 4 is 11.7 Å². The number of nitrogens with zero attached hydrogens (tertiary/aromatic N) is 3. The van der Waals surface area contributed by atoms with Gasteiger partial charge in [-0.3, -0.25) is 5.10 Å². The number of hydrogen-bond donors (Lipinski definition) is 3. The van der Waals surface area contributed by atoms with E-state index < -0.39 is 0 Å². The average molecular weight is 308 g/mol. The second-order valence-electron chi connectivity index (χ2n) is 5.59. The van der Waals surface area contributed by atoms with Gasteiger partial charge in [0.2, 0.25) is 0 Å². The van der Waals surface area contributed by atoms with E-state index in [0.717, 1.165) is 35.6 Å². The molecule has 3 aromatic rings. The molecule has 0 fully saturated rings. The zero-order valence-corrected chi connectivity index (χ0v) is 12.4. The fourth-order valence-electron chi connectivity index (χ4n) is 2.87. The van der Waals surface area contributed by atoms with E-state index in [1.54, 1.807) is 12.5 Å². The van der Waals surface area contributed by atoms with Crippen molar-refractivity contribution in [1.82, 2.24) is 25.1 Å². The molecule has 7 nitrogen and oxygen atoms in total. The maximum Gasteiger partial charge on any atom is 0.319 e. The second kappa shape index (κ2) is 5.60. The number of H-pyrrole nitrogens is 1. The molecule has 3 N–H and O–H groups in total. The molecule has 116 valence electrons. The number of benzene rings is 1. The molecule has 7 heteroatoms. The van der Waals surface area contributed by atoms with Gasteiger partial charge in [-0.1, -0.05) is 12.1 Å². The van der Waals surface area contributed by atoms with Crippen molar-refractivity contribution in [2.75, 3.05) is 5.32 Å². The minimum atomic E-state index is -0.199. The van der Waals surface area contributed by atoms with Crippen LogP contribution >= 0.6 is 0 Å². The number of imidazole rings is 1. The van der Waals surface area contributed by atoms with Crippen molar-refractivity contribution in [3.63, 3.8) is 0 Å². The molecule has 1 aliphatic heterocycles. The minimum absolute atomic E-state index is 0.101. The topological polar surface area (TPSA) is 87.6 Å². The van der Waals surface area contributed by atoms with E-state index in [1.165, 1.54) is 0 Å². The van der Waals surface area contributed by atoms with Gasteiger partial charge in [-0.05, 0) is 18.2 Å². The largest absolute Gasteiger partial charge is 0.333 e. The van der Waals surface area contributed by atoms with Crippen molar-refractivity contribution in [3.05, 3.63) is 54.7 Å². The highest BCUT2D eigenvalue weighted by Gasteiger charge is 2.22. The molecule has 1 aromatic carbocycles. The van der Waals surface area contributed by atoms with Crippen molar-refractivity contribution in [2.45, 2.75) is 19.0 Å². The van der Waals surface area contributed by atoms with Crippen LogP contribution in [0.3, 0.4) is 0 Å². The standard InChI is InChI=1S/C16H16N6O/c23-16(20-13-7-14-8-17-10-22(14)9-13)19-12-3-1-2-11(6-12)15-4-5-18-21-15/h1-6,8,10,13H,7,9H2,(H,18,21)(H2,19,20,23). The number of amides is 2. The van der Waals surface area contributed by atoms with Crippen LogP contribution in [0.1, 0.15) is 5.69 Å². The van der Waals surface area contributed by atoms with Crippen molar-refractivity contribution in [1.29, 1.82) is 0 Å². The van der Waals surface area contributed by atoms with Gasteiger partial charge >= 0.3 is 6.03 Å². The minimum Gasteiger partial charge on any atom is -0.333 e. The maximum absolute atomic E-state index is 12.2. The van der Waals surface area contributed by atoms with Crippen LogP contribution in [0.25, 0.3) is 11.3 Å². The Kier molecular flexibility index (Phi) is 3.30. The first-order valence-electron chi connectivity index (χ1n) is 7.44. The van der Waals surface area contributed by atoms with E-state index in [4.69, 9.17) is 0 Å². The monoisotopic (exact) mass is 308 g/mol. The zero-order valence-electron chi connectivity index (χ0n) is 12.4. The smallest absolute Gasteiger partial charge is 0.319 e. The van der Waals surface area contributed by atoms with Crippen molar-refractivity contribution in [3.8, 4) is 11.3 Å². The SMILES string of the molecule is O=C(Nc1cccc(-c2ccn[nH]2)c1)NC1Cc2cncn2C1. The first-order chi connectivity index (χ1) is 11.3. The third-order valence-electron chi connectivity index (χ3n) is 3.94. The van der Waals surface area contributed by atoms with Crippen LogP contribution in [0.4, 0.5) is 10.5 Å². The summed E-state index contributed by atoms with van der Waals surface area (Å²) in [4.78, 5) is 16.3. The molecular formula is C16H16N6O. The third-order valence-corrected chi connectivity index (χ3v) is 3.94. The summed E-state index contributed by atoms with van der Waals surface area (Å²) in [6.07, 6.45) is 6.14. The number of aromatic nitrogens is 4. The Morgan fingerprint density at radius 1 is 1.35 bits per heavy atom. The molecular weight excluding hydrogens is 292 g/mol. The lowest BCUT2D eigenvalue weighted by atomic mass is 10.1. The van der Waals surface area contributed by atoms with E-state index in [1.807, 2.05) is 36.5 Å². The summed E-state index contributed by atoms with van der Waals surface area (Å²) in [6, 6.07) is 9.43. The molecule has 2 amide bonds. The zero-order chi connectivity index (χ0) is 15.6. The first-order valence-corrected chi connectivity index (χ1v) is 7.44. The highest BCUT2D eigenvalue weighted by Crippen LogP contribution is 2.20. The van der Waals surface area contributed by atoms with Crippen LogP contribution < -0.4 is 10.6 Å². The Labute approximate surface area is 132 Å². The summed E-state index contributed by atoms with van der Waals surface area (Å²) in [5.41, 5.74) is 3.78. The Bertz CT molecular complexity index is 802. The van der Waals surface area contributed by atoms with Gasteiger partial charge in [-0.25, -0.2) is 9.78 Å². The van der Waals surface area contributed by atoms with Crippen LogP contribution in [-0.4, -0.2) is 31.8 Å². The number of rotatable bonds is 3. The fraction of sp³-hybridized carbons (Fsp3) is 0.188. The highest BCUT2D eigenvalue weighted by molar-refractivity contribution is 5.90. The number of urea groups is 1. The lowest BCUT2D eigenvalue weighted by Crippen LogP contribution is -2.38. The van der Waals surface area contributed by atoms with Gasteiger partial charge < -0.3 is 15.2 Å². The van der Waals surface area contributed by atoms with E-state index in [9.17, 15) is 4.79 Å². The van der Waals surface area contributed by atoms with Crippen LogP contribution in [-0.2, 0) is 13.0 Å². The molecule has 1 aliphatic rings. The second-order valence-corrected chi connectivity index (χ2v) is 5.59. The highest BCUT2D eigenvalue weighted by atomic mass is 16.2. The molecule has 0 saturated heterocycles. The Morgan fingerprint density at radius 2 is 2.30 bits per heavy atom. The predicted octanol–water partition coefficient (Wildman–Crippen LogP) is 2.02. The van der Waals surface area contributed by atoms with E-state index >= 15 is 0 Å². The molecule has 0 spiro atoms. The average Bonchev–Trinajstić information content (AvgIpc) is 3.24. The molecule has 1 unspecified atom stereocenters. The van der Waals surface area contributed by atoms with Crippen LogP contribution in [0.5, 0.6) is 0 Å². The molecule has 0 bridgehead atoms. The number of anilines is 1. The lowest BCUT2D eigenvalue weighted by Gasteiger charge is -2.13.